The van der Waals surface area contributed by atoms with Gasteiger partial charge in [-0.2, -0.15) is 5.10 Å². The van der Waals surface area contributed by atoms with E-state index in [4.69, 9.17) is 9.47 Å². The van der Waals surface area contributed by atoms with Crippen molar-refractivity contribution in [3.8, 4) is 22.2 Å². The number of fused-ring (bicyclic) bond motifs is 1. The summed E-state index contributed by atoms with van der Waals surface area (Å²) in [7, 11) is 3.46. The van der Waals surface area contributed by atoms with Gasteiger partial charge in [-0.3, -0.25) is 9.48 Å². The van der Waals surface area contributed by atoms with Gasteiger partial charge in [-0.05, 0) is 18.2 Å². The van der Waals surface area contributed by atoms with Gasteiger partial charge in [-0.1, -0.05) is 41.7 Å². The van der Waals surface area contributed by atoms with Gasteiger partial charge in [0.25, 0.3) is 11.1 Å². The Balaban J connectivity index is 1.22. The Labute approximate surface area is 190 Å². The monoisotopic (exact) mass is 448 g/mol. The number of rotatable bonds is 5. The van der Waals surface area contributed by atoms with E-state index in [2.05, 4.69) is 10.1 Å². The van der Waals surface area contributed by atoms with Gasteiger partial charge in [0.2, 0.25) is 0 Å². The van der Waals surface area contributed by atoms with Crippen molar-refractivity contribution in [2.24, 2.45) is 7.05 Å². The Morgan fingerprint density at radius 1 is 1.09 bits per heavy atom. The third-order valence-electron chi connectivity index (χ3n) is 5.74. The highest BCUT2D eigenvalue weighted by atomic mass is 32.1. The molecule has 2 aromatic heterocycles. The van der Waals surface area contributed by atoms with Gasteiger partial charge in [0.1, 0.15) is 17.5 Å². The molecule has 0 atom stereocenters. The van der Waals surface area contributed by atoms with Gasteiger partial charge in [0, 0.05) is 44.6 Å². The van der Waals surface area contributed by atoms with Crippen LogP contribution in [0.15, 0.2) is 54.6 Å². The van der Waals surface area contributed by atoms with Crippen LogP contribution >= 0.6 is 11.3 Å². The van der Waals surface area contributed by atoms with Gasteiger partial charge in [0.15, 0.2) is 0 Å². The number of ether oxygens (including phenoxy) is 2. The average Bonchev–Trinajstić information content (AvgIpc) is 3.41. The molecule has 0 spiro atoms. The number of benzene rings is 2. The SMILES string of the molecule is COc1ccc2sc(OC3CCN(C(=O)c4cc(-c5ccccc5)nn4C)CC3)nc2c1. The molecule has 1 fully saturated rings. The molecule has 1 aliphatic heterocycles. The van der Waals surface area contributed by atoms with Gasteiger partial charge < -0.3 is 14.4 Å². The molecule has 0 saturated carbocycles. The maximum Gasteiger partial charge on any atom is 0.274 e. The fourth-order valence-electron chi connectivity index (χ4n) is 3.96. The highest BCUT2D eigenvalue weighted by Gasteiger charge is 2.27. The first-order valence-corrected chi connectivity index (χ1v) is 11.4. The molecule has 0 unspecified atom stereocenters. The van der Waals surface area contributed by atoms with Crippen molar-refractivity contribution in [1.29, 1.82) is 0 Å². The van der Waals surface area contributed by atoms with Crippen molar-refractivity contribution in [3.63, 3.8) is 0 Å². The normalized spacial score (nSPS) is 14.6. The zero-order valence-electron chi connectivity index (χ0n) is 18.0. The molecule has 2 aromatic carbocycles. The summed E-state index contributed by atoms with van der Waals surface area (Å²) in [4.78, 5) is 19.6. The van der Waals surface area contributed by atoms with Crippen molar-refractivity contribution in [3.05, 3.63) is 60.3 Å². The Morgan fingerprint density at radius 3 is 2.62 bits per heavy atom. The summed E-state index contributed by atoms with van der Waals surface area (Å²) in [6, 6.07) is 17.6. The summed E-state index contributed by atoms with van der Waals surface area (Å²) >= 11 is 1.54. The number of amides is 1. The number of methoxy groups -OCH3 is 1. The Hall–Kier alpha value is -3.39. The highest BCUT2D eigenvalue weighted by Crippen LogP contribution is 2.32. The van der Waals surface area contributed by atoms with Crippen molar-refractivity contribution >= 4 is 27.5 Å². The van der Waals surface area contributed by atoms with Crippen LogP contribution in [0.5, 0.6) is 10.9 Å². The maximum absolute atomic E-state index is 13.1. The number of piperidine rings is 1. The molecule has 0 bridgehead atoms. The molecule has 164 valence electrons. The van der Waals surface area contributed by atoms with Crippen LogP contribution in [-0.4, -0.2) is 51.9 Å². The first-order valence-electron chi connectivity index (χ1n) is 10.6. The van der Waals surface area contributed by atoms with Crippen molar-refractivity contribution in [2.75, 3.05) is 20.2 Å². The molecule has 3 heterocycles. The van der Waals surface area contributed by atoms with E-state index < -0.39 is 0 Å². The van der Waals surface area contributed by atoms with Gasteiger partial charge in [-0.25, -0.2) is 4.98 Å². The Morgan fingerprint density at radius 2 is 1.88 bits per heavy atom. The fraction of sp³-hybridized carbons (Fsp3) is 0.292. The number of aryl methyl sites for hydroxylation is 1. The summed E-state index contributed by atoms with van der Waals surface area (Å²) in [5, 5.41) is 5.19. The number of thiazole rings is 1. The molecule has 1 amide bonds. The molecule has 0 radical (unpaired) electrons. The third-order valence-corrected chi connectivity index (χ3v) is 6.67. The number of likely N-dealkylation sites (tertiary alicyclic amines) is 1. The topological polar surface area (TPSA) is 69.5 Å². The highest BCUT2D eigenvalue weighted by molar-refractivity contribution is 7.20. The van der Waals surface area contributed by atoms with Crippen LogP contribution in [0, 0.1) is 0 Å². The molecule has 0 N–H and O–H groups in total. The lowest BCUT2D eigenvalue weighted by atomic mass is 10.1. The average molecular weight is 449 g/mol. The molecular formula is C24H24N4O3S. The fourth-order valence-corrected chi connectivity index (χ4v) is 4.82. The zero-order chi connectivity index (χ0) is 22.1. The second kappa shape index (κ2) is 8.63. The maximum atomic E-state index is 13.1. The first-order chi connectivity index (χ1) is 15.6. The van der Waals surface area contributed by atoms with E-state index >= 15 is 0 Å². The number of carbonyl (C=O) groups is 1. The van der Waals surface area contributed by atoms with E-state index in [0.717, 1.165) is 40.1 Å². The lowest BCUT2D eigenvalue weighted by Crippen LogP contribution is -2.42. The Kier molecular flexibility index (Phi) is 5.53. The number of nitrogens with zero attached hydrogens (tertiary/aromatic N) is 4. The first kappa shape index (κ1) is 20.5. The van der Waals surface area contributed by atoms with Crippen molar-refractivity contribution in [1.82, 2.24) is 19.7 Å². The summed E-state index contributed by atoms with van der Waals surface area (Å²) < 4.78 is 14.1. The second-order valence-electron chi connectivity index (χ2n) is 7.83. The molecule has 1 aliphatic rings. The number of carbonyl (C=O) groups excluding carboxylic acids is 1. The van der Waals surface area contributed by atoms with E-state index in [1.165, 1.54) is 11.3 Å². The zero-order valence-corrected chi connectivity index (χ0v) is 18.8. The third kappa shape index (κ3) is 4.05. The van der Waals surface area contributed by atoms with E-state index in [1.807, 2.05) is 66.5 Å². The number of hydrogen-bond acceptors (Lipinski definition) is 6. The van der Waals surface area contributed by atoms with Crippen LogP contribution in [0.3, 0.4) is 0 Å². The molecule has 8 heteroatoms. The lowest BCUT2D eigenvalue weighted by molar-refractivity contribution is 0.0585. The van der Waals surface area contributed by atoms with Crippen LogP contribution in [0.25, 0.3) is 21.5 Å². The standard InChI is InChI=1S/C24H24N4O3S/c1-27-21(15-19(26-27)16-6-4-3-5-7-16)23(29)28-12-10-17(11-13-28)31-24-25-20-14-18(30-2)8-9-22(20)32-24/h3-9,14-15,17H,10-13H2,1-2H3. The minimum Gasteiger partial charge on any atom is -0.497 e. The number of aromatic nitrogens is 3. The minimum atomic E-state index is 0.00714. The van der Waals surface area contributed by atoms with Gasteiger partial charge in [0.05, 0.1) is 23.0 Å². The molecule has 1 saturated heterocycles. The predicted octanol–water partition coefficient (Wildman–Crippen LogP) is 4.39. The van der Waals surface area contributed by atoms with Gasteiger partial charge >= 0.3 is 0 Å². The van der Waals surface area contributed by atoms with E-state index in [1.54, 1.807) is 11.8 Å². The lowest BCUT2D eigenvalue weighted by Gasteiger charge is -2.31. The summed E-state index contributed by atoms with van der Waals surface area (Å²) in [6.45, 7) is 1.29. The largest absolute Gasteiger partial charge is 0.497 e. The molecule has 0 aliphatic carbocycles. The predicted molar refractivity (Wildman–Crippen MR) is 124 cm³/mol. The van der Waals surface area contributed by atoms with Crippen LogP contribution < -0.4 is 9.47 Å². The summed E-state index contributed by atoms with van der Waals surface area (Å²) in [5.41, 5.74) is 3.29. The molecule has 7 nitrogen and oxygen atoms in total. The van der Waals surface area contributed by atoms with Crippen LogP contribution in [0.2, 0.25) is 0 Å². The minimum absolute atomic E-state index is 0.00714. The van der Waals surface area contributed by atoms with Crippen LogP contribution in [0.4, 0.5) is 0 Å². The van der Waals surface area contributed by atoms with Crippen LogP contribution in [0.1, 0.15) is 23.3 Å². The quantitative estimate of drug-likeness (QED) is 0.453. The van der Waals surface area contributed by atoms with E-state index in [9.17, 15) is 4.79 Å². The molecule has 5 rings (SSSR count). The van der Waals surface area contributed by atoms with Crippen LogP contribution in [-0.2, 0) is 7.05 Å². The summed E-state index contributed by atoms with van der Waals surface area (Å²) in [5.74, 6) is 0.791. The second-order valence-corrected chi connectivity index (χ2v) is 8.82. The van der Waals surface area contributed by atoms with Gasteiger partial charge in [-0.15, -0.1) is 0 Å². The molecule has 4 aromatic rings. The van der Waals surface area contributed by atoms with E-state index in [-0.39, 0.29) is 12.0 Å². The van der Waals surface area contributed by atoms with Crippen molar-refractivity contribution < 1.29 is 14.3 Å². The van der Waals surface area contributed by atoms with Crippen molar-refractivity contribution in [2.45, 2.75) is 18.9 Å². The smallest absolute Gasteiger partial charge is 0.274 e. The summed E-state index contributed by atoms with van der Waals surface area (Å²) in [6.07, 6.45) is 1.59. The molecule has 32 heavy (non-hydrogen) atoms. The number of hydrogen-bond donors (Lipinski definition) is 0. The van der Waals surface area contributed by atoms with E-state index in [0.29, 0.717) is 24.0 Å². The Bertz CT molecular complexity index is 1240. The molecular weight excluding hydrogens is 424 g/mol.